The number of carbonyl (C=O) groups is 2. The number of aliphatic hydroxyl groups is 1. The lowest BCUT2D eigenvalue weighted by Gasteiger charge is -2.40. The Bertz CT molecular complexity index is 1250. The third-order valence-electron chi connectivity index (χ3n) is 11.6. The van der Waals surface area contributed by atoms with E-state index in [4.69, 9.17) is 5.73 Å². The van der Waals surface area contributed by atoms with Gasteiger partial charge in [0.05, 0.1) is 17.8 Å². The van der Waals surface area contributed by atoms with Gasteiger partial charge >= 0.3 is 6.18 Å². The lowest BCUT2D eigenvalue weighted by molar-refractivity contribution is -0.218. The monoisotopic (exact) mass is 602 g/mol. The molecule has 2 bridgehead atoms. The third-order valence-corrected chi connectivity index (χ3v) is 11.6. The Hall–Kier alpha value is -2.43. The number of amides is 2. The van der Waals surface area contributed by atoms with Gasteiger partial charge < -0.3 is 20.3 Å². The van der Waals surface area contributed by atoms with Crippen molar-refractivity contribution in [1.82, 2.24) is 14.4 Å². The largest absolute Gasteiger partial charge is 0.392 e. The summed E-state index contributed by atoms with van der Waals surface area (Å²) >= 11 is 0. The van der Waals surface area contributed by atoms with E-state index >= 15 is 0 Å². The van der Waals surface area contributed by atoms with Gasteiger partial charge in [0.2, 0.25) is 11.8 Å². The number of imide groups is 1. The summed E-state index contributed by atoms with van der Waals surface area (Å²) in [5.41, 5.74) is 7.95. The number of allylic oxidation sites excluding steroid dienone is 1. The van der Waals surface area contributed by atoms with Crippen LogP contribution in [0.15, 0.2) is 24.9 Å². The van der Waals surface area contributed by atoms with Crippen molar-refractivity contribution in [3.8, 4) is 0 Å². The zero-order valence-electron chi connectivity index (χ0n) is 25.0. The number of nitrogens with zero attached hydrogens (tertiary/aromatic N) is 3. The first-order valence-electron chi connectivity index (χ1n) is 16.1. The van der Waals surface area contributed by atoms with Gasteiger partial charge in [-0.25, -0.2) is 0 Å². The number of nitrogens with two attached hydrogens (primary N) is 1. The normalized spacial score (nSPS) is 36.2. The minimum Gasteiger partial charge on any atom is -0.379 e. The van der Waals surface area contributed by atoms with Crippen molar-refractivity contribution >= 4 is 24.0 Å². The fraction of sp³-hybridized carbons (Fsp3) is 0.697. The molecule has 6 rings (SSSR count). The number of rotatable bonds is 8. The number of alkyl halides is 3. The Labute approximate surface area is 251 Å². The molecule has 5 fully saturated rings. The summed E-state index contributed by atoms with van der Waals surface area (Å²) in [6, 6.07) is 2.54. The van der Waals surface area contributed by atoms with E-state index in [9.17, 15) is 27.9 Å². The van der Waals surface area contributed by atoms with Gasteiger partial charge in [0.25, 0.3) is 0 Å². The summed E-state index contributed by atoms with van der Waals surface area (Å²) in [6.45, 7) is 9.12. The number of fused-ring (bicyclic) bond motifs is 5. The van der Waals surface area contributed by atoms with E-state index < -0.39 is 53.8 Å². The second kappa shape index (κ2) is 11.8. The second-order valence-electron chi connectivity index (χ2n) is 13.6. The van der Waals surface area contributed by atoms with E-state index in [1.54, 1.807) is 0 Å². The highest BCUT2D eigenvalue weighted by atomic mass is 19.4. The second-order valence-corrected chi connectivity index (χ2v) is 13.6. The van der Waals surface area contributed by atoms with Gasteiger partial charge in [-0.1, -0.05) is 31.6 Å². The minimum atomic E-state index is -4.57. The lowest BCUT2D eigenvalue weighted by Crippen LogP contribution is -2.50. The van der Waals surface area contributed by atoms with Crippen LogP contribution in [-0.2, 0) is 9.59 Å². The van der Waals surface area contributed by atoms with Crippen LogP contribution in [0, 0.1) is 47.3 Å². The molecule has 236 valence electrons. The molecule has 2 aliphatic heterocycles. The van der Waals surface area contributed by atoms with Crippen LogP contribution in [0.25, 0.3) is 12.2 Å². The van der Waals surface area contributed by atoms with Crippen LogP contribution in [0.2, 0.25) is 0 Å². The molecule has 1 aromatic rings. The molecule has 2 saturated heterocycles. The van der Waals surface area contributed by atoms with Crippen molar-refractivity contribution in [2.24, 2.45) is 53.1 Å². The Morgan fingerprint density at radius 1 is 1.05 bits per heavy atom. The first-order chi connectivity index (χ1) is 20.5. The number of carbonyl (C=O) groups excluding carboxylic acids is 2. The van der Waals surface area contributed by atoms with Crippen molar-refractivity contribution in [2.75, 3.05) is 26.2 Å². The third kappa shape index (κ3) is 5.31. The molecular formula is C33H45F3N4O3. The maximum absolute atomic E-state index is 14.1. The molecule has 3 N–H and O–H groups in total. The Kier molecular flexibility index (Phi) is 8.41. The van der Waals surface area contributed by atoms with Crippen LogP contribution in [-0.4, -0.2) is 69.9 Å². The van der Waals surface area contributed by atoms with Gasteiger partial charge in [0.15, 0.2) is 0 Å². The average molecular weight is 603 g/mol. The smallest absolute Gasteiger partial charge is 0.379 e. The van der Waals surface area contributed by atoms with Gasteiger partial charge in [-0.2, -0.15) is 13.2 Å². The van der Waals surface area contributed by atoms with Crippen LogP contribution >= 0.6 is 0 Å². The van der Waals surface area contributed by atoms with E-state index in [0.29, 0.717) is 12.0 Å². The minimum absolute atomic E-state index is 0.125. The maximum Gasteiger partial charge on any atom is 0.392 e. The number of likely N-dealkylation sites (tertiary alicyclic amines) is 2. The zero-order valence-corrected chi connectivity index (χ0v) is 25.0. The maximum atomic E-state index is 14.1. The van der Waals surface area contributed by atoms with Gasteiger partial charge in [-0.05, 0) is 80.4 Å². The number of halogens is 3. The van der Waals surface area contributed by atoms with E-state index in [1.165, 1.54) is 10.6 Å². The van der Waals surface area contributed by atoms with Crippen LogP contribution in [0.3, 0.4) is 0 Å². The standard InChI is InChI=1S/C33H45F3N4O3/c1-3-7-25-19(4-2)10-15-39(25)22-11-13-38(14-12-22)17-20-8-5-6-9-21(20)18-40-31(42)26-23-16-24(27(26)32(40)43)29(33(34,35)36)28(23)30(37)41/h3-4,7,10,15,20-24,26-30,41H,2,5-6,8-9,11-14,16-18,37H2,1H3/b7-3-. The summed E-state index contributed by atoms with van der Waals surface area (Å²) < 4.78 is 44.5. The van der Waals surface area contributed by atoms with Gasteiger partial charge in [-0.3, -0.25) is 14.5 Å². The molecule has 10 heteroatoms. The molecule has 9 unspecified atom stereocenters. The average Bonchev–Trinajstić information content (AvgIpc) is 3.72. The highest BCUT2D eigenvalue weighted by molar-refractivity contribution is 6.06. The highest BCUT2D eigenvalue weighted by Gasteiger charge is 2.72. The van der Waals surface area contributed by atoms with E-state index in [-0.39, 0.29) is 24.8 Å². The molecule has 5 aliphatic rings. The Morgan fingerprint density at radius 2 is 1.67 bits per heavy atom. The summed E-state index contributed by atoms with van der Waals surface area (Å²) in [4.78, 5) is 31.0. The van der Waals surface area contributed by atoms with E-state index in [0.717, 1.165) is 63.7 Å². The van der Waals surface area contributed by atoms with E-state index in [1.807, 2.05) is 13.0 Å². The molecule has 3 saturated carbocycles. The van der Waals surface area contributed by atoms with Gasteiger partial charge in [-0.15, -0.1) is 0 Å². The summed E-state index contributed by atoms with van der Waals surface area (Å²) in [5.74, 6) is -6.81. The molecular weight excluding hydrogens is 557 g/mol. The Morgan fingerprint density at radius 3 is 2.26 bits per heavy atom. The molecule has 2 amide bonds. The quantitative estimate of drug-likeness (QED) is 0.325. The zero-order chi connectivity index (χ0) is 30.6. The van der Waals surface area contributed by atoms with Crippen molar-refractivity contribution in [1.29, 1.82) is 0 Å². The van der Waals surface area contributed by atoms with Crippen molar-refractivity contribution < 1.29 is 27.9 Å². The molecule has 7 nitrogen and oxygen atoms in total. The van der Waals surface area contributed by atoms with Crippen LogP contribution in [0.4, 0.5) is 13.2 Å². The molecule has 43 heavy (non-hydrogen) atoms. The molecule has 9 atom stereocenters. The lowest BCUT2D eigenvalue weighted by atomic mass is 9.68. The Balaban J connectivity index is 1.11. The van der Waals surface area contributed by atoms with Crippen molar-refractivity contribution in [3.63, 3.8) is 0 Å². The fourth-order valence-corrected chi connectivity index (χ4v) is 9.72. The summed E-state index contributed by atoms with van der Waals surface area (Å²) in [7, 11) is 0. The summed E-state index contributed by atoms with van der Waals surface area (Å²) in [5, 5.41) is 10.1. The molecule has 0 aromatic carbocycles. The number of aromatic nitrogens is 1. The van der Waals surface area contributed by atoms with Crippen molar-refractivity contribution in [2.45, 2.75) is 70.3 Å². The molecule has 1 aromatic heterocycles. The first kappa shape index (κ1) is 30.6. The number of hydrogen-bond acceptors (Lipinski definition) is 5. The molecule has 0 spiro atoms. The topological polar surface area (TPSA) is 91.8 Å². The summed E-state index contributed by atoms with van der Waals surface area (Å²) in [6.07, 6.45) is 8.29. The van der Waals surface area contributed by atoms with Crippen LogP contribution < -0.4 is 5.73 Å². The predicted octanol–water partition coefficient (Wildman–Crippen LogP) is 4.93. The number of hydrogen-bond donors (Lipinski definition) is 2. The molecule has 3 aliphatic carbocycles. The van der Waals surface area contributed by atoms with E-state index in [2.05, 4.69) is 40.5 Å². The van der Waals surface area contributed by atoms with Crippen LogP contribution in [0.1, 0.15) is 69.2 Å². The fourth-order valence-electron chi connectivity index (χ4n) is 9.72. The van der Waals surface area contributed by atoms with Gasteiger partial charge in [0.1, 0.15) is 6.23 Å². The van der Waals surface area contributed by atoms with Crippen LogP contribution in [0.5, 0.6) is 0 Å². The first-order valence-corrected chi connectivity index (χ1v) is 16.1. The highest BCUT2D eigenvalue weighted by Crippen LogP contribution is 2.65. The molecule has 0 radical (unpaired) electrons. The number of aliphatic hydroxyl groups excluding tert-OH is 1. The SMILES string of the molecule is C=Cc1ccn(C2CCN(CC3CCCCC3CN3C(=O)C4C5CC(C4C3=O)C(C(F)(F)F)C5C(N)O)CC2)c1/C=C\C. The van der Waals surface area contributed by atoms with Gasteiger partial charge in [0, 0.05) is 50.0 Å². The molecule has 3 heterocycles. The number of piperidine rings is 1. The van der Waals surface area contributed by atoms with Crippen molar-refractivity contribution in [3.05, 3.63) is 36.2 Å². The predicted molar refractivity (Wildman–Crippen MR) is 158 cm³/mol.